The number of carbonyl (C=O) groups excluding carboxylic acids is 1. The highest BCUT2D eigenvalue weighted by molar-refractivity contribution is 6.28. The van der Waals surface area contributed by atoms with E-state index in [1.54, 1.807) is 0 Å². The molecule has 6 heteroatoms. The lowest BCUT2D eigenvalue weighted by Gasteiger charge is -2.25. The molecule has 0 radical (unpaired) electrons. The smallest absolute Gasteiger partial charge is 0.435 e. The predicted octanol–water partition coefficient (Wildman–Crippen LogP) is -0.611. The molecule has 0 spiro atoms. The highest BCUT2D eigenvalue weighted by Gasteiger charge is 2.21. The van der Waals surface area contributed by atoms with Gasteiger partial charge in [0.05, 0.1) is 0 Å². The van der Waals surface area contributed by atoms with Gasteiger partial charge in [0.25, 0.3) is 0 Å². The number of nitrogens with two attached hydrogens (primary N) is 1. The van der Waals surface area contributed by atoms with Crippen molar-refractivity contribution < 1.29 is 19.5 Å². The van der Waals surface area contributed by atoms with Crippen LogP contribution in [0.2, 0.25) is 0 Å². The van der Waals surface area contributed by atoms with E-state index in [0.29, 0.717) is 0 Å². The molecule has 1 aliphatic carbocycles. The van der Waals surface area contributed by atoms with Crippen molar-refractivity contribution in [3.63, 3.8) is 0 Å². The molecule has 0 aromatic rings. The lowest BCUT2D eigenvalue weighted by Crippen LogP contribution is -2.39. The quantitative estimate of drug-likeness (QED) is 0.408. The van der Waals surface area contributed by atoms with Crippen LogP contribution in [0.15, 0.2) is 0 Å². The summed E-state index contributed by atoms with van der Waals surface area (Å²) in [6.45, 7) is 0. The molecule has 1 rings (SSSR count). The van der Waals surface area contributed by atoms with Gasteiger partial charge in [0.2, 0.25) is 0 Å². The largest absolute Gasteiger partial charge is 0.473 e. The molecule has 1 aliphatic rings. The van der Waals surface area contributed by atoms with Crippen molar-refractivity contribution in [1.29, 1.82) is 0 Å². The van der Waals surface area contributed by atoms with Crippen molar-refractivity contribution in [2.24, 2.45) is 5.73 Å². The first-order valence-corrected chi connectivity index (χ1v) is 4.55. The molecule has 0 aliphatic heterocycles. The fraction of sp³-hybridized carbons (Fsp3) is 0.750. The summed E-state index contributed by atoms with van der Waals surface area (Å²) in [6.07, 6.45) is 3.33. The van der Waals surface area contributed by atoms with Crippen LogP contribution in [0.5, 0.6) is 0 Å². The normalized spacial score (nSPS) is 26.9. The summed E-state index contributed by atoms with van der Waals surface area (Å²) in [5, 5.41) is 8.22. The summed E-state index contributed by atoms with van der Waals surface area (Å²) in [7, 11) is 0. The second kappa shape index (κ2) is 4.92. The average Bonchev–Trinajstić information content (AvgIpc) is 2.16. The Labute approximate surface area is 81.4 Å². The van der Waals surface area contributed by atoms with Crippen LogP contribution in [-0.2, 0) is 14.4 Å². The average molecular weight is 202 g/mol. The Morgan fingerprint density at radius 3 is 2.36 bits per heavy atom. The Bertz CT molecular complexity index is 223. The standard InChI is InChI=1S/C8H14N2O4/c9-5-1-3-6(4-2-5)10-14-8(13)7(11)12/h5-6,10H,1-4,9H2,(H,11,12)/t5-,6-. The van der Waals surface area contributed by atoms with Gasteiger partial charge in [-0.1, -0.05) is 0 Å². The molecule has 0 atom stereocenters. The van der Waals surface area contributed by atoms with Gasteiger partial charge in [0, 0.05) is 12.1 Å². The van der Waals surface area contributed by atoms with Crippen molar-refractivity contribution >= 4 is 11.9 Å². The molecular formula is C8H14N2O4. The second-order valence-corrected chi connectivity index (χ2v) is 3.42. The van der Waals surface area contributed by atoms with Crippen molar-refractivity contribution in [2.75, 3.05) is 0 Å². The van der Waals surface area contributed by atoms with E-state index in [1.807, 2.05) is 0 Å². The van der Waals surface area contributed by atoms with Crippen LogP contribution in [0.25, 0.3) is 0 Å². The molecule has 1 fully saturated rings. The van der Waals surface area contributed by atoms with Gasteiger partial charge in [0.1, 0.15) is 0 Å². The topological polar surface area (TPSA) is 102 Å². The lowest BCUT2D eigenvalue weighted by molar-refractivity contribution is -0.170. The molecule has 0 heterocycles. The van der Waals surface area contributed by atoms with E-state index in [2.05, 4.69) is 10.3 Å². The van der Waals surface area contributed by atoms with E-state index >= 15 is 0 Å². The number of carbonyl (C=O) groups is 2. The highest BCUT2D eigenvalue weighted by atomic mass is 16.7. The first-order valence-electron chi connectivity index (χ1n) is 4.55. The first kappa shape index (κ1) is 10.9. The van der Waals surface area contributed by atoms with Crippen molar-refractivity contribution in [2.45, 2.75) is 37.8 Å². The van der Waals surface area contributed by atoms with Gasteiger partial charge in [-0.05, 0) is 25.7 Å². The van der Waals surface area contributed by atoms with Crippen molar-refractivity contribution in [1.82, 2.24) is 5.48 Å². The summed E-state index contributed by atoms with van der Waals surface area (Å²) < 4.78 is 0. The third-order valence-electron chi connectivity index (χ3n) is 2.26. The Kier molecular flexibility index (Phi) is 3.84. The summed E-state index contributed by atoms with van der Waals surface area (Å²) in [5.41, 5.74) is 8.11. The van der Waals surface area contributed by atoms with E-state index in [0.717, 1.165) is 25.7 Å². The molecule has 14 heavy (non-hydrogen) atoms. The Balaban J connectivity index is 2.19. The van der Waals surface area contributed by atoms with E-state index in [9.17, 15) is 9.59 Å². The second-order valence-electron chi connectivity index (χ2n) is 3.42. The van der Waals surface area contributed by atoms with Gasteiger partial charge in [-0.15, -0.1) is 5.48 Å². The molecule has 4 N–H and O–H groups in total. The van der Waals surface area contributed by atoms with Gasteiger partial charge in [-0.2, -0.15) is 0 Å². The van der Waals surface area contributed by atoms with Crippen LogP contribution in [0, 0.1) is 0 Å². The number of hydrogen-bond acceptors (Lipinski definition) is 5. The zero-order valence-electron chi connectivity index (χ0n) is 7.73. The molecule has 0 unspecified atom stereocenters. The van der Waals surface area contributed by atoms with E-state index in [-0.39, 0.29) is 12.1 Å². The maximum absolute atomic E-state index is 10.5. The van der Waals surface area contributed by atoms with Crippen LogP contribution < -0.4 is 11.2 Å². The summed E-state index contributed by atoms with van der Waals surface area (Å²) in [4.78, 5) is 25.0. The minimum atomic E-state index is -1.59. The number of hydrogen-bond donors (Lipinski definition) is 3. The Morgan fingerprint density at radius 1 is 1.29 bits per heavy atom. The van der Waals surface area contributed by atoms with Gasteiger partial charge >= 0.3 is 11.9 Å². The van der Waals surface area contributed by atoms with Gasteiger partial charge in [-0.3, -0.25) is 0 Å². The molecule has 0 bridgehead atoms. The minimum absolute atomic E-state index is 0.0260. The number of carboxylic acids is 1. The molecular weight excluding hydrogens is 188 g/mol. The molecule has 1 saturated carbocycles. The van der Waals surface area contributed by atoms with E-state index in [4.69, 9.17) is 10.8 Å². The van der Waals surface area contributed by atoms with Gasteiger partial charge in [-0.25, -0.2) is 9.59 Å². The summed E-state index contributed by atoms with van der Waals surface area (Å²) in [6, 6.07) is 0.237. The fourth-order valence-electron chi connectivity index (χ4n) is 1.42. The molecule has 0 amide bonds. The number of nitrogens with one attached hydrogen (secondary N) is 1. The predicted molar refractivity (Wildman–Crippen MR) is 47.1 cm³/mol. The van der Waals surface area contributed by atoms with Crippen molar-refractivity contribution in [3.8, 4) is 0 Å². The molecule has 0 saturated heterocycles. The van der Waals surface area contributed by atoms with E-state index in [1.165, 1.54) is 0 Å². The molecule has 80 valence electrons. The zero-order valence-corrected chi connectivity index (χ0v) is 7.73. The fourth-order valence-corrected chi connectivity index (χ4v) is 1.42. The third kappa shape index (κ3) is 3.31. The number of rotatable bonds is 2. The van der Waals surface area contributed by atoms with Crippen LogP contribution in [-0.4, -0.2) is 29.1 Å². The summed E-state index contributed by atoms with van der Waals surface area (Å²) >= 11 is 0. The maximum atomic E-state index is 10.5. The molecule has 6 nitrogen and oxygen atoms in total. The Morgan fingerprint density at radius 2 is 1.86 bits per heavy atom. The van der Waals surface area contributed by atoms with Gasteiger partial charge < -0.3 is 15.7 Å². The summed E-state index contributed by atoms with van der Waals surface area (Å²) in [5.74, 6) is -2.87. The van der Waals surface area contributed by atoms with Gasteiger partial charge in [0.15, 0.2) is 0 Å². The van der Waals surface area contributed by atoms with Crippen LogP contribution in [0.1, 0.15) is 25.7 Å². The van der Waals surface area contributed by atoms with Crippen LogP contribution in [0.3, 0.4) is 0 Å². The SMILES string of the molecule is N[C@H]1CC[C@H](NOC(=O)C(=O)O)CC1. The number of hydroxylamine groups is 1. The minimum Gasteiger partial charge on any atom is -0.473 e. The zero-order chi connectivity index (χ0) is 10.6. The number of aliphatic carboxylic acids is 1. The van der Waals surface area contributed by atoms with Crippen LogP contribution in [0.4, 0.5) is 0 Å². The van der Waals surface area contributed by atoms with E-state index < -0.39 is 11.9 Å². The maximum Gasteiger partial charge on any atom is 0.435 e. The molecule has 0 aromatic heterocycles. The Hall–Kier alpha value is -1.14. The first-order chi connectivity index (χ1) is 6.59. The van der Waals surface area contributed by atoms with Crippen molar-refractivity contribution in [3.05, 3.63) is 0 Å². The number of carboxylic acid groups (broad SMARTS) is 1. The molecule has 0 aromatic carbocycles. The lowest BCUT2D eigenvalue weighted by atomic mass is 9.92. The highest BCUT2D eigenvalue weighted by Crippen LogP contribution is 2.16. The van der Waals surface area contributed by atoms with Crippen LogP contribution >= 0.6 is 0 Å². The third-order valence-corrected chi connectivity index (χ3v) is 2.26. The monoisotopic (exact) mass is 202 g/mol.